The van der Waals surface area contributed by atoms with Gasteiger partial charge in [0, 0.05) is 18.5 Å². The number of benzene rings is 2. The number of thioether (sulfide) groups is 2. The second kappa shape index (κ2) is 13.6. The predicted molar refractivity (Wildman–Crippen MR) is 135 cm³/mol. The highest BCUT2D eigenvalue weighted by atomic mass is 32.2. The zero-order chi connectivity index (χ0) is 24.2. The van der Waals surface area contributed by atoms with Crippen LogP contribution in [0, 0.1) is 0 Å². The average Bonchev–Trinajstić information content (AvgIpc) is 2.82. The first kappa shape index (κ1) is 27.2. The summed E-state index contributed by atoms with van der Waals surface area (Å²) < 4.78 is 0. The third-order valence-electron chi connectivity index (χ3n) is 5.31. The number of carbonyl (C=O) groups excluding carboxylic acids is 2. The summed E-state index contributed by atoms with van der Waals surface area (Å²) in [6.45, 7) is 0. The van der Waals surface area contributed by atoms with Crippen LogP contribution in [0.2, 0.25) is 0 Å². The van der Waals surface area contributed by atoms with Gasteiger partial charge in [-0.15, -0.1) is 0 Å². The van der Waals surface area contributed by atoms with E-state index in [0.717, 1.165) is 11.1 Å². The van der Waals surface area contributed by atoms with Crippen molar-refractivity contribution in [1.29, 1.82) is 0 Å². The van der Waals surface area contributed by atoms with Gasteiger partial charge in [0.2, 0.25) is 0 Å². The van der Waals surface area contributed by atoms with Gasteiger partial charge in [0.1, 0.15) is 11.1 Å². The highest BCUT2D eigenvalue weighted by molar-refractivity contribution is 7.98. The van der Waals surface area contributed by atoms with Gasteiger partial charge < -0.3 is 21.1 Å². The number of nitrogens with two attached hydrogens (primary N) is 2. The maximum absolute atomic E-state index is 12.8. The minimum atomic E-state index is -1.27. The Kier molecular flexibility index (Phi) is 11.2. The van der Waals surface area contributed by atoms with E-state index in [0.29, 0.717) is 37.2 Å². The molecule has 2 rings (SSSR count). The second-order valence-corrected chi connectivity index (χ2v) is 9.96. The highest BCUT2D eigenvalue weighted by Gasteiger charge is 2.38. The molecule has 2 aromatic carbocycles. The molecule has 5 N–H and O–H groups in total. The van der Waals surface area contributed by atoms with Crippen LogP contribution in [-0.4, -0.2) is 47.0 Å². The SMILES string of the molecule is CSCCC(N)(Cc1ccccc1)C(=O)ONOC(=O)C(N)(CCSC)Cc1ccccc1. The molecule has 0 bridgehead atoms. The molecule has 0 saturated heterocycles. The Morgan fingerprint density at radius 3 is 1.45 bits per heavy atom. The molecular weight excluding hydrogens is 458 g/mol. The number of carbonyl (C=O) groups is 2. The van der Waals surface area contributed by atoms with Gasteiger partial charge in [-0.25, -0.2) is 9.59 Å². The summed E-state index contributed by atoms with van der Waals surface area (Å²) in [6.07, 6.45) is 5.28. The summed E-state index contributed by atoms with van der Waals surface area (Å²) >= 11 is 3.17. The molecule has 0 spiro atoms. The lowest BCUT2D eigenvalue weighted by molar-refractivity contribution is -0.206. The Labute approximate surface area is 204 Å². The van der Waals surface area contributed by atoms with Crippen LogP contribution in [0.3, 0.4) is 0 Å². The van der Waals surface area contributed by atoms with Gasteiger partial charge >= 0.3 is 11.9 Å². The third kappa shape index (κ3) is 8.68. The van der Waals surface area contributed by atoms with E-state index in [-0.39, 0.29) is 0 Å². The number of hydrogen-bond acceptors (Lipinski definition) is 9. The van der Waals surface area contributed by atoms with Crippen LogP contribution < -0.4 is 17.1 Å². The Balaban J connectivity index is 2.01. The Morgan fingerprint density at radius 1 is 0.758 bits per heavy atom. The van der Waals surface area contributed by atoms with E-state index < -0.39 is 23.0 Å². The van der Waals surface area contributed by atoms with Crippen LogP contribution in [0.25, 0.3) is 0 Å². The predicted octanol–water partition coefficient (Wildman–Crippen LogP) is 2.88. The molecule has 2 unspecified atom stereocenters. The fraction of sp³-hybridized carbons (Fsp3) is 0.417. The highest BCUT2D eigenvalue weighted by Crippen LogP contribution is 2.20. The normalized spacial score (nSPS) is 14.7. The standard InChI is InChI=1S/C24H33N3O4S2/c1-32-15-13-23(25,17-19-9-5-3-6-10-19)21(28)30-27-31-22(29)24(26,14-16-33-2)18-20-11-7-4-8-12-20/h3-12,27H,13-18,25-26H2,1-2H3. The summed E-state index contributed by atoms with van der Waals surface area (Å²) in [4.78, 5) is 35.8. The van der Waals surface area contributed by atoms with Crippen LogP contribution >= 0.6 is 23.5 Å². The van der Waals surface area contributed by atoms with Gasteiger partial charge in [-0.3, -0.25) is 0 Å². The summed E-state index contributed by atoms with van der Waals surface area (Å²) in [6, 6.07) is 19.0. The van der Waals surface area contributed by atoms with E-state index >= 15 is 0 Å². The molecule has 0 aliphatic rings. The molecule has 0 saturated carbocycles. The van der Waals surface area contributed by atoms with Gasteiger partial charge in [-0.05, 0) is 48.0 Å². The fourth-order valence-electron chi connectivity index (χ4n) is 3.31. The van der Waals surface area contributed by atoms with Crippen LogP contribution in [0.1, 0.15) is 24.0 Å². The molecule has 0 amide bonds. The summed E-state index contributed by atoms with van der Waals surface area (Å²) in [7, 11) is 0. The molecule has 0 radical (unpaired) electrons. The van der Waals surface area contributed by atoms with Gasteiger partial charge in [0.25, 0.3) is 0 Å². The lowest BCUT2D eigenvalue weighted by atomic mass is 9.89. The second-order valence-electron chi connectivity index (χ2n) is 7.99. The zero-order valence-corrected chi connectivity index (χ0v) is 20.8. The fourth-order valence-corrected chi connectivity index (χ4v) is 4.45. The van der Waals surface area contributed by atoms with Crippen molar-refractivity contribution < 1.29 is 19.3 Å². The van der Waals surface area contributed by atoms with Crippen LogP contribution in [0.15, 0.2) is 60.7 Å². The van der Waals surface area contributed by atoms with Gasteiger partial charge in [0.05, 0.1) is 0 Å². The van der Waals surface area contributed by atoms with E-state index in [2.05, 4.69) is 0 Å². The molecule has 0 aliphatic carbocycles. The van der Waals surface area contributed by atoms with Crippen molar-refractivity contribution >= 4 is 35.5 Å². The number of hydrogen-bond donors (Lipinski definition) is 3. The quantitative estimate of drug-likeness (QED) is 0.343. The molecule has 2 aromatic rings. The lowest BCUT2D eigenvalue weighted by Gasteiger charge is -2.28. The molecule has 0 fully saturated rings. The molecule has 33 heavy (non-hydrogen) atoms. The van der Waals surface area contributed by atoms with Crippen LogP contribution in [0.4, 0.5) is 0 Å². The van der Waals surface area contributed by atoms with Crippen LogP contribution in [-0.2, 0) is 32.1 Å². The molecule has 0 aliphatic heterocycles. The first-order valence-corrected chi connectivity index (χ1v) is 13.4. The van der Waals surface area contributed by atoms with E-state index in [1.807, 2.05) is 78.8 Å². The van der Waals surface area contributed by atoms with Crippen molar-refractivity contribution in [1.82, 2.24) is 5.64 Å². The van der Waals surface area contributed by atoms with E-state index in [1.54, 1.807) is 23.5 Å². The monoisotopic (exact) mass is 491 g/mol. The van der Waals surface area contributed by atoms with E-state index in [1.165, 1.54) is 0 Å². The van der Waals surface area contributed by atoms with Crippen molar-refractivity contribution in [2.75, 3.05) is 24.0 Å². The van der Waals surface area contributed by atoms with Crippen molar-refractivity contribution in [2.45, 2.75) is 36.8 Å². The Bertz CT molecular complexity index is 801. The first-order valence-electron chi connectivity index (χ1n) is 10.6. The molecule has 0 aromatic heterocycles. The van der Waals surface area contributed by atoms with Crippen molar-refractivity contribution in [2.24, 2.45) is 11.5 Å². The topological polar surface area (TPSA) is 117 Å². The van der Waals surface area contributed by atoms with E-state index in [4.69, 9.17) is 21.1 Å². The minimum absolute atomic E-state index is 0.297. The zero-order valence-electron chi connectivity index (χ0n) is 19.1. The van der Waals surface area contributed by atoms with Gasteiger partial charge in [-0.2, -0.15) is 23.5 Å². The maximum atomic E-state index is 12.8. The smallest absolute Gasteiger partial charge is 0.333 e. The summed E-state index contributed by atoms with van der Waals surface area (Å²) in [5, 5.41) is 0. The van der Waals surface area contributed by atoms with Crippen LogP contribution in [0.5, 0.6) is 0 Å². The van der Waals surface area contributed by atoms with Crippen molar-refractivity contribution in [3.63, 3.8) is 0 Å². The number of rotatable bonds is 14. The van der Waals surface area contributed by atoms with Crippen molar-refractivity contribution in [3.05, 3.63) is 71.8 Å². The molecule has 2 atom stereocenters. The molecule has 9 heteroatoms. The largest absolute Gasteiger partial charge is 0.348 e. The molecule has 180 valence electrons. The van der Waals surface area contributed by atoms with Gasteiger partial charge in [0.15, 0.2) is 0 Å². The van der Waals surface area contributed by atoms with Crippen molar-refractivity contribution in [3.8, 4) is 0 Å². The maximum Gasteiger partial charge on any atom is 0.348 e. The minimum Gasteiger partial charge on any atom is -0.333 e. The number of nitrogens with one attached hydrogen (secondary N) is 1. The Morgan fingerprint density at radius 2 is 1.12 bits per heavy atom. The molecular formula is C24H33N3O4S2. The van der Waals surface area contributed by atoms with E-state index in [9.17, 15) is 9.59 Å². The molecule has 7 nitrogen and oxygen atoms in total. The molecule has 0 heterocycles. The summed E-state index contributed by atoms with van der Waals surface area (Å²) in [5.74, 6) is -0.0582. The van der Waals surface area contributed by atoms with Gasteiger partial charge in [-0.1, -0.05) is 60.7 Å². The lowest BCUT2D eigenvalue weighted by Crippen LogP contribution is -2.55. The average molecular weight is 492 g/mol. The first-order chi connectivity index (χ1) is 15.8. The summed E-state index contributed by atoms with van der Waals surface area (Å²) in [5.41, 5.74) is 14.2. The Hall–Kier alpha value is -2.04. The third-order valence-corrected chi connectivity index (χ3v) is 6.54.